The van der Waals surface area contributed by atoms with Crippen molar-refractivity contribution in [2.75, 3.05) is 7.11 Å². The summed E-state index contributed by atoms with van der Waals surface area (Å²) in [5.41, 5.74) is 0.589. The minimum Gasteiger partial charge on any atom is -0.496 e. The molecule has 1 amide bonds. The Balaban J connectivity index is 2.04. The van der Waals surface area contributed by atoms with Crippen LogP contribution in [0.5, 0.6) is 5.75 Å². The molecule has 3 N–H and O–H groups in total. The molecule has 1 aromatic rings. The average Bonchev–Trinajstić information content (AvgIpc) is 2.39. The van der Waals surface area contributed by atoms with Gasteiger partial charge in [0.05, 0.1) is 12.0 Å². The minimum absolute atomic E-state index is 0.00606. The van der Waals surface area contributed by atoms with Crippen LogP contribution in [0.1, 0.15) is 31.2 Å². The van der Waals surface area contributed by atoms with Gasteiger partial charge < -0.3 is 10.1 Å². The Hall–Kier alpha value is -1.60. The van der Waals surface area contributed by atoms with Crippen molar-refractivity contribution in [3.63, 3.8) is 0 Å². The fourth-order valence-electron chi connectivity index (χ4n) is 2.30. The SMILES string of the molecule is COc1ccc(S(N)(=O)=O)cc1CNC(=O)CC1CCC1. The summed E-state index contributed by atoms with van der Waals surface area (Å²) in [4.78, 5) is 11.8. The number of hydrogen-bond acceptors (Lipinski definition) is 4. The van der Waals surface area contributed by atoms with Gasteiger partial charge in [-0.2, -0.15) is 0 Å². The van der Waals surface area contributed by atoms with Crippen LogP contribution >= 0.6 is 0 Å². The molecule has 0 saturated heterocycles. The van der Waals surface area contributed by atoms with Crippen molar-refractivity contribution in [1.82, 2.24) is 5.32 Å². The van der Waals surface area contributed by atoms with Gasteiger partial charge in [-0.05, 0) is 37.0 Å². The van der Waals surface area contributed by atoms with Gasteiger partial charge in [0, 0.05) is 18.5 Å². The largest absolute Gasteiger partial charge is 0.496 e. The third kappa shape index (κ3) is 4.18. The molecule has 0 radical (unpaired) electrons. The third-order valence-electron chi connectivity index (χ3n) is 3.76. The van der Waals surface area contributed by atoms with E-state index in [9.17, 15) is 13.2 Å². The average molecular weight is 312 g/mol. The lowest BCUT2D eigenvalue weighted by Gasteiger charge is -2.24. The summed E-state index contributed by atoms with van der Waals surface area (Å²) >= 11 is 0. The number of ether oxygens (including phenoxy) is 1. The first-order valence-electron chi connectivity index (χ1n) is 6.86. The number of carbonyl (C=O) groups excluding carboxylic acids is 1. The topological polar surface area (TPSA) is 98.5 Å². The molecule has 0 aromatic heterocycles. The molecular formula is C14H20N2O4S. The van der Waals surface area contributed by atoms with Crippen LogP contribution in [0, 0.1) is 5.92 Å². The van der Waals surface area contributed by atoms with Crippen molar-refractivity contribution in [2.24, 2.45) is 11.1 Å². The number of carbonyl (C=O) groups is 1. The van der Waals surface area contributed by atoms with Crippen LogP contribution < -0.4 is 15.2 Å². The highest BCUT2D eigenvalue weighted by Gasteiger charge is 2.20. The molecular weight excluding hydrogens is 292 g/mol. The molecule has 21 heavy (non-hydrogen) atoms. The van der Waals surface area contributed by atoms with E-state index < -0.39 is 10.0 Å². The summed E-state index contributed by atoms with van der Waals surface area (Å²) < 4.78 is 27.9. The van der Waals surface area contributed by atoms with Crippen LogP contribution in [0.2, 0.25) is 0 Å². The van der Waals surface area contributed by atoms with Crippen LogP contribution in [0.15, 0.2) is 23.1 Å². The van der Waals surface area contributed by atoms with E-state index in [4.69, 9.17) is 9.88 Å². The molecule has 6 nitrogen and oxygen atoms in total. The van der Waals surface area contributed by atoms with Gasteiger partial charge >= 0.3 is 0 Å². The number of methoxy groups -OCH3 is 1. The maximum Gasteiger partial charge on any atom is 0.238 e. The molecule has 7 heteroatoms. The maximum absolute atomic E-state index is 11.8. The standard InChI is InChI=1S/C14H20N2O4S/c1-20-13-6-5-12(21(15,18)19)8-11(13)9-16-14(17)7-10-3-2-4-10/h5-6,8,10H,2-4,7,9H2,1H3,(H,16,17)(H2,15,18,19). The molecule has 0 spiro atoms. The molecule has 0 bridgehead atoms. The van der Waals surface area contributed by atoms with Gasteiger partial charge in [-0.25, -0.2) is 13.6 Å². The molecule has 0 heterocycles. The second kappa shape index (κ2) is 6.44. The third-order valence-corrected chi connectivity index (χ3v) is 4.67. The zero-order valence-corrected chi connectivity index (χ0v) is 12.8. The quantitative estimate of drug-likeness (QED) is 0.823. The van der Waals surface area contributed by atoms with E-state index in [0.717, 1.165) is 12.8 Å². The van der Waals surface area contributed by atoms with Crippen molar-refractivity contribution in [2.45, 2.75) is 37.1 Å². The van der Waals surface area contributed by atoms with E-state index in [1.165, 1.54) is 31.7 Å². The van der Waals surface area contributed by atoms with Crippen LogP contribution in [-0.2, 0) is 21.4 Å². The van der Waals surface area contributed by atoms with Gasteiger partial charge in [0.25, 0.3) is 0 Å². The smallest absolute Gasteiger partial charge is 0.238 e. The number of nitrogens with two attached hydrogens (primary N) is 1. The summed E-state index contributed by atoms with van der Waals surface area (Å²) in [5, 5.41) is 7.91. The number of sulfonamides is 1. The lowest BCUT2D eigenvalue weighted by molar-refractivity contribution is -0.122. The zero-order valence-electron chi connectivity index (χ0n) is 12.0. The van der Waals surface area contributed by atoms with Gasteiger partial charge in [0.2, 0.25) is 15.9 Å². The zero-order chi connectivity index (χ0) is 15.5. The van der Waals surface area contributed by atoms with Crippen molar-refractivity contribution in [3.05, 3.63) is 23.8 Å². The number of primary sulfonamides is 1. The second-order valence-electron chi connectivity index (χ2n) is 5.30. The molecule has 2 rings (SSSR count). The highest BCUT2D eigenvalue weighted by atomic mass is 32.2. The number of amides is 1. The Morgan fingerprint density at radius 3 is 2.67 bits per heavy atom. The van der Waals surface area contributed by atoms with Crippen LogP contribution in [-0.4, -0.2) is 21.4 Å². The predicted molar refractivity (Wildman–Crippen MR) is 78.2 cm³/mol. The van der Waals surface area contributed by atoms with E-state index in [2.05, 4.69) is 5.32 Å². The van der Waals surface area contributed by atoms with E-state index in [-0.39, 0.29) is 17.3 Å². The molecule has 1 aromatic carbocycles. The fourth-order valence-corrected chi connectivity index (χ4v) is 2.86. The van der Waals surface area contributed by atoms with Crippen LogP contribution in [0.3, 0.4) is 0 Å². The fraction of sp³-hybridized carbons (Fsp3) is 0.500. The minimum atomic E-state index is -3.77. The van der Waals surface area contributed by atoms with Crippen LogP contribution in [0.25, 0.3) is 0 Å². The maximum atomic E-state index is 11.8. The van der Waals surface area contributed by atoms with E-state index in [1.54, 1.807) is 0 Å². The van der Waals surface area contributed by atoms with Gasteiger partial charge in [-0.1, -0.05) is 6.42 Å². The Labute approximate surface area is 124 Å². The van der Waals surface area contributed by atoms with Crippen molar-refractivity contribution in [3.8, 4) is 5.75 Å². The monoisotopic (exact) mass is 312 g/mol. The van der Waals surface area contributed by atoms with Crippen molar-refractivity contribution >= 4 is 15.9 Å². The predicted octanol–water partition coefficient (Wildman–Crippen LogP) is 1.15. The first-order valence-corrected chi connectivity index (χ1v) is 8.41. The highest BCUT2D eigenvalue weighted by molar-refractivity contribution is 7.89. The van der Waals surface area contributed by atoms with Crippen molar-refractivity contribution in [1.29, 1.82) is 0 Å². The van der Waals surface area contributed by atoms with E-state index >= 15 is 0 Å². The number of benzene rings is 1. The molecule has 0 atom stereocenters. The molecule has 1 aliphatic carbocycles. The van der Waals surface area contributed by atoms with E-state index in [0.29, 0.717) is 23.7 Å². The molecule has 0 aliphatic heterocycles. The first kappa shape index (κ1) is 15.8. The molecule has 1 fully saturated rings. The summed E-state index contributed by atoms with van der Waals surface area (Å²) in [6.07, 6.45) is 3.94. The molecule has 1 saturated carbocycles. The summed E-state index contributed by atoms with van der Waals surface area (Å²) in [5.74, 6) is 0.983. The molecule has 0 unspecified atom stereocenters. The Kier molecular flexibility index (Phi) is 4.84. The van der Waals surface area contributed by atoms with Gasteiger partial charge in [-0.3, -0.25) is 4.79 Å². The lowest BCUT2D eigenvalue weighted by Crippen LogP contribution is -2.27. The number of rotatable bonds is 6. The van der Waals surface area contributed by atoms with Gasteiger partial charge in [0.1, 0.15) is 5.75 Å². The van der Waals surface area contributed by atoms with Gasteiger partial charge in [-0.15, -0.1) is 0 Å². The Morgan fingerprint density at radius 1 is 1.43 bits per heavy atom. The summed E-state index contributed by atoms with van der Waals surface area (Å²) in [6, 6.07) is 4.35. The normalized spacial score (nSPS) is 15.3. The van der Waals surface area contributed by atoms with E-state index in [1.807, 2.05) is 0 Å². The second-order valence-corrected chi connectivity index (χ2v) is 6.86. The lowest BCUT2D eigenvalue weighted by atomic mass is 9.83. The van der Waals surface area contributed by atoms with Gasteiger partial charge in [0.15, 0.2) is 0 Å². The summed E-state index contributed by atoms with van der Waals surface area (Å²) in [7, 11) is -2.28. The Bertz CT molecular complexity index is 624. The highest BCUT2D eigenvalue weighted by Crippen LogP contribution is 2.29. The first-order chi connectivity index (χ1) is 9.90. The number of hydrogen-bond donors (Lipinski definition) is 2. The van der Waals surface area contributed by atoms with Crippen LogP contribution in [0.4, 0.5) is 0 Å². The number of nitrogens with one attached hydrogen (secondary N) is 1. The Morgan fingerprint density at radius 2 is 2.14 bits per heavy atom. The summed E-state index contributed by atoms with van der Waals surface area (Å²) in [6.45, 7) is 0.220. The molecule has 1 aliphatic rings. The van der Waals surface area contributed by atoms with Crippen molar-refractivity contribution < 1.29 is 17.9 Å². The molecule has 116 valence electrons.